The van der Waals surface area contributed by atoms with Gasteiger partial charge in [-0.3, -0.25) is 4.79 Å². The van der Waals surface area contributed by atoms with Gasteiger partial charge in [0.2, 0.25) is 0 Å². The molecule has 0 fully saturated rings. The number of benzene rings is 2. The van der Waals surface area contributed by atoms with Crippen LogP contribution in [0.4, 0.5) is 0 Å². The molecule has 0 saturated carbocycles. The first kappa shape index (κ1) is 15.3. The summed E-state index contributed by atoms with van der Waals surface area (Å²) in [5.74, 6) is -0.527. The second-order valence-electron chi connectivity index (χ2n) is 5.69. The topological polar surface area (TPSA) is 55.4 Å². The minimum Gasteiger partial charge on any atom is -0.465 e. The first-order valence-corrected chi connectivity index (χ1v) is 7.76. The molecule has 1 aliphatic carbocycles. The third-order valence-electron chi connectivity index (χ3n) is 4.24. The standard InChI is InChI=1S/C19H19NO3/c1-23-19(22)15-11-9-14(10-12-15)18(21)20-17-8-4-6-13-5-2-3-7-16(13)17/h2-3,5,7,9-12,17H,4,6,8H2,1H3,(H,20,21)/t17-/m1/s1. The van der Waals surface area contributed by atoms with Crippen LogP contribution in [0.1, 0.15) is 50.7 Å². The molecule has 0 heterocycles. The minimum absolute atomic E-state index is 0.0488. The fraction of sp³-hybridized carbons (Fsp3) is 0.263. The first-order valence-electron chi connectivity index (χ1n) is 7.76. The van der Waals surface area contributed by atoms with Crippen LogP contribution in [0.2, 0.25) is 0 Å². The van der Waals surface area contributed by atoms with E-state index in [1.54, 1.807) is 24.3 Å². The van der Waals surface area contributed by atoms with Crippen molar-refractivity contribution in [3.05, 3.63) is 70.8 Å². The highest BCUT2D eigenvalue weighted by molar-refractivity contribution is 5.96. The van der Waals surface area contributed by atoms with Crippen LogP contribution < -0.4 is 5.32 Å². The van der Waals surface area contributed by atoms with E-state index in [9.17, 15) is 9.59 Å². The predicted molar refractivity (Wildman–Crippen MR) is 87.4 cm³/mol. The van der Waals surface area contributed by atoms with Crippen molar-refractivity contribution in [1.29, 1.82) is 0 Å². The van der Waals surface area contributed by atoms with E-state index in [0.29, 0.717) is 11.1 Å². The zero-order valence-electron chi connectivity index (χ0n) is 13.0. The van der Waals surface area contributed by atoms with Gasteiger partial charge in [-0.25, -0.2) is 4.79 Å². The Kier molecular flexibility index (Phi) is 4.42. The lowest BCUT2D eigenvalue weighted by Gasteiger charge is -2.26. The van der Waals surface area contributed by atoms with Gasteiger partial charge in [0, 0.05) is 5.56 Å². The molecular formula is C19H19NO3. The van der Waals surface area contributed by atoms with Gasteiger partial charge < -0.3 is 10.1 Å². The van der Waals surface area contributed by atoms with Gasteiger partial charge in [0.1, 0.15) is 0 Å². The van der Waals surface area contributed by atoms with Crippen LogP contribution in [0.15, 0.2) is 48.5 Å². The Morgan fingerprint density at radius 3 is 2.48 bits per heavy atom. The molecule has 118 valence electrons. The second kappa shape index (κ2) is 6.65. The first-order chi connectivity index (χ1) is 11.2. The summed E-state index contributed by atoms with van der Waals surface area (Å²) in [6.07, 6.45) is 3.09. The van der Waals surface area contributed by atoms with Gasteiger partial charge in [-0.05, 0) is 54.7 Å². The van der Waals surface area contributed by atoms with E-state index in [-0.39, 0.29) is 11.9 Å². The number of hydrogen-bond donors (Lipinski definition) is 1. The Balaban J connectivity index is 1.74. The molecule has 0 bridgehead atoms. The van der Waals surface area contributed by atoms with Crippen LogP contribution in [0.3, 0.4) is 0 Å². The maximum absolute atomic E-state index is 12.4. The summed E-state index contributed by atoms with van der Waals surface area (Å²) in [6.45, 7) is 0. The number of amides is 1. The van der Waals surface area contributed by atoms with Gasteiger partial charge in [-0.2, -0.15) is 0 Å². The van der Waals surface area contributed by atoms with Crippen molar-refractivity contribution >= 4 is 11.9 Å². The summed E-state index contributed by atoms with van der Waals surface area (Å²) >= 11 is 0. The molecule has 0 aliphatic heterocycles. The summed E-state index contributed by atoms with van der Waals surface area (Å²) in [7, 11) is 1.34. The fourth-order valence-electron chi connectivity index (χ4n) is 3.02. The number of nitrogens with one attached hydrogen (secondary N) is 1. The lowest BCUT2D eigenvalue weighted by atomic mass is 9.87. The predicted octanol–water partition coefficient (Wildman–Crippen LogP) is 3.28. The van der Waals surface area contributed by atoms with Gasteiger partial charge in [0.25, 0.3) is 5.91 Å². The van der Waals surface area contributed by atoms with Gasteiger partial charge in [-0.1, -0.05) is 24.3 Å². The van der Waals surface area contributed by atoms with Crippen molar-refractivity contribution in [3.63, 3.8) is 0 Å². The molecule has 4 nitrogen and oxygen atoms in total. The zero-order chi connectivity index (χ0) is 16.2. The largest absolute Gasteiger partial charge is 0.465 e. The Morgan fingerprint density at radius 1 is 1.04 bits per heavy atom. The maximum Gasteiger partial charge on any atom is 0.337 e. The highest BCUT2D eigenvalue weighted by Gasteiger charge is 2.21. The molecule has 0 saturated heterocycles. The van der Waals surface area contributed by atoms with E-state index in [1.807, 2.05) is 12.1 Å². The van der Waals surface area contributed by atoms with Crippen LogP contribution in [0, 0.1) is 0 Å². The molecule has 4 heteroatoms. The third-order valence-corrected chi connectivity index (χ3v) is 4.24. The minimum atomic E-state index is -0.404. The Hall–Kier alpha value is -2.62. The molecule has 1 atom stereocenters. The van der Waals surface area contributed by atoms with Crippen molar-refractivity contribution in [3.8, 4) is 0 Å². The zero-order valence-corrected chi connectivity index (χ0v) is 13.0. The molecule has 2 aromatic rings. The highest BCUT2D eigenvalue weighted by atomic mass is 16.5. The molecule has 2 aromatic carbocycles. The monoisotopic (exact) mass is 309 g/mol. The number of aryl methyl sites for hydroxylation is 1. The molecule has 0 unspecified atom stereocenters. The van der Waals surface area contributed by atoms with Crippen molar-refractivity contribution in [2.24, 2.45) is 0 Å². The summed E-state index contributed by atoms with van der Waals surface area (Å²) < 4.78 is 4.66. The maximum atomic E-state index is 12.4. The Labute approximate surface area is 135 Å². The SMILES string of the molecule is COC(=O)c1ccc(C(=O)N[C@@H]2CCCc3ccccc32)cc1. The normalized spacial score (nSPS) is 16.3. The number of ether oxygens (including phenoxy) is 1. The second-order valence-corrected chi connectivity index (χ2v) is 5.69. The van der Waals surface area contributed by atoms with Crippen molar-refractivity contribution < 1.29 is 14.3 Å². The van der Waals surface area contributed by atoms with Gasteiger partial charge in [0.05, 0.1) is 18.7 Å². The van der Waals surface area contributed by atoms with Crippen LogP contribution in [0.5, 0.6) is 0 Å². The van der Waals surface area contributed by atoms with Crippen molar-refractivity contribution in [2.75, 3.05) is 7.11 Å². The summed E-state index contributed by atoms with van der Waals surface area (Å²) in [6, 6.07) is 14.8. The lowest BCUT2D eigenvalue weighted by Crippen LogP contribution is -2.31. The fourth-order valence-corrected chi connectivity index (χ4v) is 3.02. The Bertz CT molecular complexity index is 722. The average molecular weight is 309 g/mol. The van der Waals surface area contributed by atoms with E-state index in [0.717, 1.165) is 19.3 Å². The molecule has 1 amide bonds. The van der Waals surface area contributed by atoms with Crippen LogP contribution >= 0.6 is 0 Å². The molecule has 23 heavy (non-hydrogen) atoms. The molecule has 0 aromatic heterocycles. The molecule has 1 aliphatic rings. The smallest absolute Gasteiger partial charge is 0.337 e. The van der Waals surface area contributed by atoms with Crippen molar-refractivity contribution in [1.82, 2.24) is 5.32 Å². The summed E-state index contributed by atoms with van der Waals surface area (Å²) in [5, 5.41) is 3.10. The van der Waals surface area contributed by atoms with Gasteiger partial charge in [0.15, 0.2) is 0 Å². The van der Waals surface area contributed by atoms with Gasteiger partial charge in [-0.15, -0.1) is 0 Å². The highest BCUT2D eigenvalue weighted by Crippen LogP contribution is 2.29. The average Bonchev–Trinajstić information content (AvgIpc) is 2.61. The van der Waals surface area contributed by atoms with Crippen LogP contribution in [-0.4, -0.2) is 19.0 Å². The number of esters is 1. The number of carbonyl (C=O) groups is 2. The molecule has 0 spiro atoms. The van der Waals surface area contributed by atoms with E-state index in [2.05, 4.69) is 22.2 Å². The number of carbonyl (C=O) groups excluding carboxylic acids is 2. The third kappa shape index (κ3) is 3.26. The Morgan fingerprint density at radius 2 is 1.74 bits per heavy atom. The number of rotatable bonds is 3. The number of hydrogen-bond acceptors (Lipinski definition) is 3. The van der Waals surface area contributed by atoms with E-state index in [4.69, 9.17) is 0 Å². The molecule has 3 rings (SSSR count). The number of methoxy groups -OCH3 is 1. The summed E-state index contributed by atoms with van der Waals surface area (Å²) in [5.41, 5.74) is 3.50. The molecule has 1 N–H and O–H groups in total. The van der Waals surface area contributed by atoms with Crippen LogP contribution in [-0.2, 0) is 11.2 Å². The molecule has 0 radical (unpaired) electrons. The molecular weight excluding hydrogens is 290 g/mol. The van der Waals surface area contributed by atoms with E-state index < -0.39 is 5.97 Å². The van der Waals surface area contributed by atoms with Gasteiger partial charge >= 0.3 is 5.97 Å². The van der Waals surface area contributed by atoms with Crippen molar-refractivity contribution in [2.45, 2.75) is 25.3 Å². The lowest BCUT2D eigenvalue weighted by molar-refractivity contribution is 0.0600. The van der Waals surface area contributed by atoms with Crippen LogP contribution in [0.25, 0.3) is 0 Å². The quantitative estimate of drug-likeness (QED) is 0.885. The number of fused-ring (bicyclic) bond motifs is 1. The van der Waals surface area contributed by atoms with E-state index in [1.165, 1.54) is 18.2 Å². The summed E-state index contributed by atoms with van der Waals surface area (Å²) in [4.78, 5) is 23.9. The van der Waals surface area contributed by atoms with E-state index >= 15 is 0 Å².